The zero-order chi connectivity index (χ0) is 18.1. The lowest BCUT2D eigenvalue weighted by molar-refractivity contribution is -0.127. The summed E-state index contributed by atoms with van der Waals surface area (Å²) < 4.78 is 5.41. The summed E-state index contributed by atoms with van der Waals surface area (Å²) >= 11 is 0. The zero-order valence-electron chi connectivity index (χ0n) is 15.4. The van der Waals surface area contributed by atoms with E-state index in [0.717, 1.165) is 42.9 Å². The molecular weight excluding hydrogens is 328 g/mol. The van der Waals surface area contributed by atoms with Crippen molar-refractivity contribution < 1.29 is 9.32 Å². The van der Waals surface area contributed by atoms with Gasteiger partial charge in [0.05, 0.1) is 0 Å². The number of hydrogen-bond acceptors (Lipinski definition) is 5. The third kappa shape index (κ3) is 3.79. The summed E-state index contributed by atoms with van der Waals surface area (Å²) in [6.45, 7) is 4.15. The molecule has 0 radical (unpaired) electrons. The molecule has 0 unspecified atom stereocenters. The highest BCUT2D eigenvalue weighted by molar-refractivity contribution is 5.79. The number of nitrogens with one attached hydrogen (secondary N) is 1. The number of carbonyl (C=O) groups excluding carboxylic acids is 1. The van der Waals surface area contributed by atoms with Crippen molar-refractivity contribution in [2.24, 2.45) is 11.8 Å². The average molecular weight is 354 g/mol. The Morgan fingerprint density at radius 2 is 2.00 bits per heavy atom. The first kappa shape index (κ1) is 17.2. The van der Waals surface area contributed by atoms with Crippen LogP contribution in [0.15, 0.2) is 22.9 Å². The van der Waals surface area contributed by atoms with Crippen LogP contribution in [0.2, 0.25) is 0 Å². The predicted molar refractivity (Wildman–Crippen MR) is 97.2 cm³/mol. The van der Waals surface area contributed by atoms with Crippen LogP contribution in [0.4, 0.5) is 0 Å². The lowest BCUT2D eigenvalue weighted by atomic mass is 9.82. The molecule has 6 heteroatoms. The highest BCUT2D eigenvalue weighted by atomic mass is 16.5. The van der Waals surface area contributed by atoms with Gasteiger partial charge in [-0.1, -0.05) is 12.1 Å². The van der Waals surface area contributed by atoms with Gasteiger partial charge < -0.3 is 9.84 Å². The summed E-state index contributed by atoms with van der Waals surface area (Å²) in [7, 11) is 0. The van der Waals surface area contributed by atoms with Crippen LogP contribution in [0.3, 0.4) is 0 Å². The molecule has 2 aromatic rings. The number of amides is 1. The summed E-state index contributed by atoms with van der Waals surface area (Å²) in [5.74, 6) is 2.52. The molecule has 1 N–H and O–H groups in total. The molecule has 138 valence electrons. The van der Waals surface area contributed by atoms with Crippen LogP contribution in [0.25, 0.3) is 11.4 Å². The molecular formula is C20H26N4O2. The van der Waals surface area contributed by atoms with E-state index in [9.17, 15) is 4.79 Å². The zero-order valence-corrected chi connectivity index (χ0v) is 15.4. The molecule has 2 aromatic heterocycles. The van der Waals surface area contributed by atoms with Crippen LogP contribution in [0, 0.1) is 11.8 Å². The quantitative estimate of drug-likeness (QED) is 0.877. The maximum atomic E-state index is 12.5. The Balaban J connectivity index is 1.40. The van der Waals surface area contributed by atoms with Crippen molar-refractivity contribution in [1.82, 2.24) is 20.4 Å². The van der Waals surface area contributed by atoms with Crippen molar-refractivity contribution in [2.75, 3.05) is 0 Å². The number of rotatable bonds is 5. The van der Waals surface area contributed by atoms with Crippen molar-refractivity contribution in [3.8, 4) is 11.4 Å². The monoisotopic (exact) mass is 354 g/mol. The molecule has 2 aliphatic rings. The van der Waals surface area contributed by atoms with E-state index < -0.39 is 0 Å². The summed E-state index contributed by atoms with van der Waals surface area (Å²) in [6, 6.07) is 3.65. The van der Waals surface area contributed by atoms with Gasteiger partial charge in [-0.25, -0.2) is 0 Å². The number of carbonyl (C=O) groups is 1. The molecule has 0 bridgehead atoms. The number of pyridine rings is 1. The molecule has 0 saturated heterocycles. The van der Waals surface area contributed by atoms with E-state index in [1.807, 2.05) is 19.1 Å². The van der Waals surface area contributed by atoms with Gasteiger partial charge in [-0.05, 0) is 63.5 Å². The molecule has 1 atom stereocenters. The normalized spacial score (nSPS) is 24.2. The molecule has 4 rings (SSSR count). The minimum atomic E-state index is -0.284. The van der Waals surface area contributed by atoms with Crippen LogP contribution in [0.5, 0.6) is 0 Å². The van der Waals surface area contributed by atoms with Gasteiger partial charge in [0.25, 0.3) is 0 Å². The third-order valence-electron chi connectivity index (χ3n) is 5.59. The van der Waals surface area contributed by atoms with E-state index in [1.54, 1.807) is 6.20 Å². The minimum Gasteiger partial charge on any atom is -0.344 e. The Labute approximate surface area is 153 Å². The average Bonchev–Trinajstić information content (AvgIpc) is 3.38. The summed E-state index contributed by atoms with van der Waals surface area (Å²) in [5, 5.41) is 7.13. The van der Waals surface area contributed by atoms with Crippen molar-refractivity contribution >= 4 is 5.91 Å². The Morgan fingerprint density at radius 1 is 1.23 bits per heavy atom. The van der Waals surface area contributed by atoms with E-state index in [4.69, 9.17) is 4.52 Å². The molecule has 0 aliphatic heterocycles. The van der Waals surface area contributed by atoms with Crippen molar-refractivity contribution in [1.29, 1.82) is 0 Å². The van der Waals surface area contributed by atoms with Crippen molar-refractivity contribution in [3.63, 3.8) is 0 Å². The minimum absolute atomic E-state index is 0.101. The van der Waals surface area contributed by atoms with E-state index in [-0.39, 0.29) is 17.9 Å². The first-order valence-electron chi connectivity index (χ1n) is 9.70. The highest BCUT2D eigenvalue weighted by Gasteiger charge is 2.27. The first-order chi connectivity index (χ1) is 12.6. The molecule has 1 amide bonds. The number of aromatic nitrogens is 3. The molecule has 0 aromatic carbocycles. The van der Waals surface area contributed by atoms with Crippen LogP contribution >= 0.6 is 0 Å². The second-order valence-electron chi connectivity index (χ2n) is 7.89. The van der Waals surface area contributed by atoms with Gasteiger partial charge in [0.2, 0.25) is 17.6 Å². The SMILES string of the molecule is CC1CCC(C(=O)N[C@@H](C)c2nc(-c3ccnc(C4CC4)c3)no2)CC1. The molecule has 2 heterocycles. The van der Waals surface area contributed by atoms with Crippen LogP contribution in [-0.4, -0.2) is 21.0 Å². The van der Waals surface area contributed by atoms with Gasteiger partial charge in [-0.2, -0.15) is 4.98 Å². The Bertz CT molecular complexity index is 776. The lowest BCUT2D eigenvalue weighted by Crippen LogP contribution is -2.34. The second-order valence-corrected chi connectivity index (χ2v) is 7.89. The fourth-order valence-electron chi connectivity index (χ4n) is 3.63. The van der Waals surface area contributed by atoms with Crippen molar-refractivity contribution in [3.05, 3.63) is 29.9 Å². The largest absolute Gasteiger partial charge is 0.344 e. The fraction of sp³-hybridized carbons (Fsp3) is 0.600. The molecule has 0 spiro atoms. The highest BCUT2D eigenvalue weighted by Crippen LogP contribution is 2.39. The van der Waals surface area contributed by atoms with Gasteiger partial charge >= 0.3 is 0 Å². The molecule has 2 saturated carbocycles. The van der Waals surface area contributed by atoms with Crippen LogP contribution in [-0.2, 0) is 4.79 Å². The third-order valence-corrected chi connectivity index (χ3v) is 5.59. The Hall–Kier alpha value is -2.24. The number of hydrogen-bond donors (Lipinski definition) is 1. The Kier molecular flexibility index (Phi) is 4.74. The lowest BCUT2D eigenvalue weighted by Gasteiger charge is -2.26. The number of nitrogens with zero attached hydrogens (tertiary/aromatic N) is 3. The second kappa shape index (κ2) is 7.17. The van der Waals surface area contributed by atoms with E-state index in [2.05, 4.69) is 27.4 Å². The van der Waals surface area contributed by atoms with Gasteiger partial charge in [0.15, 0.2) is 0 Å². The van der Waals surface area contributed by atoms with Crippen LogP contribution < -0.4 is 5.32 Å². The summed E-state index contributed by atoms with van der Waals surface area (Å²) in [5.41, 5.74) is 2.01. The van der Waals surface area contributed by atoms with E-state index >= 15 is 0 Å². The van der Waals surface area contributed by atoms with Gasteiger partial charge in [-0.3, -0.25) is 9.78 Å². The fourth-order valence-corrected chi connectivity index (χ4v) is 3.63. The standard InChI is InChI=1S/C20H26N4O2/c1-12-3-5-15(6-4-12)19(25)22-13(2)20-23-18(24-26-20)16-9-10-21-17(11-16)14-7-8-14/h9-15H,3-8H2,1-2H3,(H,22,25)/t12?,13-,15?/m0/s1. The molecule has 2 aliphatic carbocycles. The van der Waals surface area contributed by atoms with E-state index in [1.165, 1.54) is 12.8 Å². The predicted octanol–water partition coefficient (Wildman–Crippen LogP) is 4.01. The van der Waals surface area contributed by atoms with Gasteiger partial charge in [0, 0.05) is 29.3 Å². The molecule has 6 nitrogen and oxygen atoms in total. The topological polar surface area (TPSA) is 80.9 Å². The summed E-state index contributed by atoms with van der Waals surface area (Å²) in [6.07, 6.45) is 8.40. The van der Waals surface area contributed by atoms with Gasteiger partial charge in [0.1, 0.15) is 6.04 Å². The van der Waals surface area contributed by atoms with Gasteiger partial charge in [-0.15, -0.1) is 0 Å². The van der Waals surface area contributed by atoms with Crippen LogP contribution in [0.1, 0.15) is 75.9 Å². The maximum Gasteiger partial charge on any atom is 0.249 e. The summed E-state index contributed by atoms with van der Waals surface area (Å²) in [4.78, 5) is 21.4. The molecule has 2 fully saturated rings. The maximum absolute atomic E-state index is 12.5. The van der Waals surface area contributed by atoms with E-state index in [0.29, 0.717) is 17.6 Å². The van der Waals surface area contributed by atoms with Crippen molar-refractivity contribution in [2.45, 2.75) is 64.3 Å². The Morgan fingerprint density at radius 3 is 2.73 bits per heavy atom. The molecule has 26 heavy (non-hydrogen) atoms. The smallest absolute Gasteiger partial charge is 0.249 e. The first-order valence-corrected chi connectivity index (χ1v) is 9.70.